The maximum Gasteiger partial charge on any atom is 0.336 e. The molecule has 5 nitrogen and oxygen atoms in total. The quantitative estimate of drug-likeness (QED) is 0.488. The summed E-state index contributed by atoms with van der Waals surface area (Å²) in [6.45, 7) is 2.06. The molecule has 28 heavy (non-hydrogen) atoms. The molecular formula is C23H30N2O3. The smallest absolute Gasteiger partial charge is 0.336 e. The Labute approximate surface area is 167 Å². The first kappa shape index (κ1) is 21.6. The minimum Gasteiger partial charge on any atom is -0.340 e. The van der Waals surface area contributed by atoms with E-state index in [1.807, 2.05) is 25.1 Å². The van der Waals surface area contributed by atoms with E-state index in [4.69, 9.17) is 10.6 Å². The van der Waals surface area contributed by atoms with Crippen molar-refractivity contribution in [2.75, 3.05) is 6.54 Å². The minimum absolute atomic E-state index is 0.168. The minimum atomic E-state index is -0.496. The molecule has 1 atom stereocenters. The van der Waals surface area contributed by atoms with Gasteiger partial charge in [0.05, 0.1) is 12.3 Å². The Morgan fingerprint density at radius 2 is 1.50 bits per heavy atom. The fourth-order valence-electron chi connectivity index (χ4n) is 2.97. The molecule has 1 unspecified atom stereocenters. The number of nitrogens with one attached hydrogen (secondary N) is 1. The average Bonchev–Trinajstić information content (AvgIpc) is 2.72. The standard InChI is InChI=1S/C23H30N2O3/c1-2-21(17-24)23(27)28-25-22(26)16-20-14-12-19(13-15-20)11-7-6-10-18-8-4-3-5-9-18/h3-5,8-9,12-15,21H,2,6-7,10-11,16-17,24H2,1H3,(H,25,26). The second-order valence-corrected chi connectivity index (χ2v) is 6.97. The maximum absolute atomic E-state index is 11.9. The molecule has 0 fully saturated rings. The summed E-state index contributed by atoms with van der Waals surface area (Å²) in [5, 5.41) is 0. The molecule has 0 bridgehead atoms. The Kier molecular flexibility index (Phi) is 9.22. The van der Waals surface area contributed by atoms with E-state index >= 15 is 0 Å². The molecule has 0 radical (unpaired) electrons. The van der Waals surface area contributed by atoms with E-state index in [9.17, 15) is 9.59 Å². The van der Waals surface area contributed by atoms with Gasteiger partial charge in [0, 0.05) is 6.54 Å². The van der Waals surface area contributed by atoms with Crippen molar-refractivity contribution in [3.8, 4) is 0 Å². The van der Waals surface area contributed by atoms with Crippen LogP contribution in [0.25, 0.3) is 0 Å². The summed E-state index contributed by atoms with van der Waals surface area (Å²) in [5.41, 5.74) is 11.2. The number of hydrogen-bond acceptors (Lipinski definition) is 4. The Balaban J connectivity index is 1.68. The molecule has 1 amide bonds. The summed E-state index contributed by atoms with van der Waals surface area (Å²) in [5.74, 6) is -1.23. The van der Waals surface area contributed by atoms with Gasteiger partial charge in [-0.15, -0.1) is 0 Å². The van der Waals surface area contributed by atoms with E-state index in [-0.39, 0.29) is 24.8 Å². The van der Waals surface area contributed by atoms with E-state index < -0.39 is 5.97 Å². The molecule has 2 aromatic carbocycles. The van der Waals surface area contributed by atoms with Gasteiger partial charge in [0.2, 0.25) is 0 Å². The summed E-state index contributed by atoms with van der Waals surface area (Å²) in [7, 11) is 0. The molecule has 0 saturated carbocycles. The molecule has 0 spiro atoms. The first-order chi connectivity index (χ1) is 13.6. The van der Waals surface area contributed by atoms with E-state index in [0.29, 0.717) is 6.42 Å². The van der Waals surface area contributed by atoms with Crippen LogP contribution in [0.5, 0.6) is 0 Å². The molecule has 0 saturated heterocycles. The van der Waals surface area contributed by atoms with Crippen molar-refractivity contribution in [1.29, 1.82) is 0 Å². The second kappa shape index (κ2) is 11.9. The van der Waals surface area contributed by atoms with E-state index in [1.54, 1.807) is 0 Å². The van der Waals surface area contributed by atoms with Crippen molar-refractivity contribution in [1.82, 2.24) is 5.48 Å². The van der Waals surface area contributed by atoms with Gasteiger partial charge in [-0.25, -0.2) is 4.79 Å². The zero-order valence-corrected chi connectivity index (χ0v) is 16.5. The average molecular weight is 383 g/mol. The number of hydroxylamine groups is 1. The fourth-order valence-corrected chi connectivity index (χ4v) is 2.97. The summed E-state index contributed by atoms with van der Waals surface area (Å²) >= 11 is 0. The highest BCUT2D eigenvalue weighted by Gasteiger charge is 2.17. The van der Waals surface area contributed by atoms with Crippen molar-refractivity contribution in [2.45, 2.75) is 45.4 Å². The van der Waals surface area contributed by atoms with Gasteiger partial charge >= 0.3 is 5.97 Å². The number of aryl methyl sites for hydroxylation is 2. The Hall–Kier alpha value is -2.66. The van der Waals surface area contributed by atoms with Gasteiger partial charge < -0.3 is 10.6 Å². The summed E-state index contributed by atoms with van der Waals surface area (Å²) in [6, 6.07) is 18.5. The van der Waals surface area contributed by atoms with Crippen molar-refractivity contribution in [3.63, 3.8) is 0 Å². The summed E-state index contributed by atoms with van der Waals surface area (Å²) in [6.07, 6.45) is 5.15. The third kappa shape index (κ3) is 7.53. The van der Waals surface area contributed by atoms with Crippen LogP contribution in [-0.2, 0) is 33.7 Å². The topological polar surface area (TPSA) is 81.4 Å². The van der Waals surface area contributed by atoms with Crippen molar-refractivity contribution in [3.05, 3.63) is 71.3 Å². The molecule has 5 heteroatoms. The third-order valence-corrected chi connectivity index (χ3v) is 4.79. The lowest BCUT2D eigenvalue weighted by Crippen LogP contribution is -2.34. The third-order valence-electron chi connectivity index (χ3n) is 4.79. The number of rotatable bonds is 10. The van der Waals surface area contributed by atoms with Crippen LogP contribution in [-0.4, -0.2) is 18.4 Å². The molecular weight excluding hydrogens is 352 g/mol. The summed E-state index contributed by atoms with van der Waals surface area (Å²) in [4.78, 5) is 28.5. The van der Waals surface area contributed by atoms with Crippen molar-refractivity contribution in [2.24, 2.45) is 11.7 Å². The normalized spacial score (nSPS) is 11.6. The van der Waals surface area contributed by atoms with Crippen LogP contribution in [0.2, 0.25) is 0 Å². The largest absolute Gasteiger partial charge is 0.340 e. The van der Waals surface area contributed by atoms with Crippen LogP contribution in [0.1, 0.15) is 42.9 Å². The highest BCUT2D eigenvalue weighted by atomic mass is 16.7. The Morgan fingerprint density at radius 3 is 2.07 bits per heavy atom. The van der Waals surface area contributed by atoms with Gasteiger partial charge in [0.1, 0.15) is 0 Å². The number of carbonyl (C=O) groups excluding carboxylic acids is 2. The van der Waals surface area contributed by atoms with Gasteiger partial charge in [0.15, 0.2) is 0 Å². The lowest BCUT2D eigenvalue weighted by molar-refractivity contribution is -0.161. The second-order valence-electron chi connectivity index (χ2n) is 6.97. The van der Waals surface area contributed by atoms with Crippen LogP contribution in [0, 0.1) is 5.92 Å². The zero-order chi connectivity index (χ0) is 20.2. The monoisotopic (exact) mass is 382 g/mol. The van der Waals surface area contributed by atoms with Gasteiger partial charge in [-0.3, -0.25) is 4.79 Å². The number of nitrogens with two attached hydrogens (primary N) is 1. The fraction of sp³-hybridized carbons (Fsp3) is 0.391. The predicted molar refractivity (Wildman–Crippen MR) is 110 cm³/mol. The lowest BCUT2D eigenvalue weighted by atomic mass is 10.0. The number of benzene rings is 2. The highest BCUT2D eigenvalue weighted by Crippen LogP contribution is 2.11. The molecule has 0 aliphatic carbocycles. The van der Waals surface area contributed by atoms with Gasteiger partial charge in [-0.1, -0.05) is 61.5 Å². The molecule has 3 N–H and O–H groups in total. The van der Waals surface area contributed by atoms with E-state index in [2.05, 4.69) is 41.9 Å². The molecule has 2 rings (SSSR count). The number of unbranched alkanes of at least 4 members (excludes halogenated alkanes) is 1. The van der Waals surface area contributed by atoms with Gasteiger partial charge in [-0.05, 0) is 48.8 Å². The van der Waals surface area contributed by atoms with Crippen molar-refractivity contribution >= 4 is 11.9 Å². The molecule has 0 aliphatic rings. The SMILES string of the molecule is CCC(CN)C(=O)ONC(=O)Cc1ccc(CCCCc2ccccc2)cc1. The van der Waals surface area contributed by atoms with Crippen LogP contribution < -0.4 is 11.2 Å². The van der Waals surface area contributed by atoms with Crippen LogP contribution in [0.3, 0.4) is 0 Å². The highest BCUT2D eigenvalue weighted by molar-refractivity contribution is 5.80. The first-order valence-electron chi connectivity index (χ1n) is 9.93. The molecule has 2 aromatic rings. The molecule has 0 aliphatic heterocycles. The Bertz CT molecular complexity index is 725. The van der Waals surface area contributed by atoms with Gasteiger partial charge in [-0.2, -0.15) is 5.48 Å². The lowest BCUT2D eigenvalue weighted by Gasteiger charge is -2.11. The number of hydrogen-bond donors (Lipinski definition) is 2. The molecule has 150 valence electrons. The van der Waals surface area contributed by atoms with E-state index in [1.165, 1.54) is 11.1 Å². The Morgan fingerprint density at radius 1 is 0.929 bits per heavy atom. The first-order valence-corrected chi connectivity index (χ1v) is 9.93. The zero-order valence-electron chi connectivity index (χ0n) is 16.5. The van der Waals surface area contributed by atoms with E-state index in [0.717, 1.165) is 31.2 Å². The van der Waals surface area contributed by atoms with Crippen LogP contribution >= 0.6 is 0 Å². The number of amides is 1. The maximum atomic E-state index is 11.9. The molecule has 0 aromatic heterocycles. The van der Waals surface area contributed by atoms with Crippen LogP contribution in [0.15, 0.2) is 54.6 Å². The molecule has 0 heterocycles. The predicted octanol–water partition coefficient (Wildman–Crippen LogP) is 3.35. The van der Waals surface area contributed by atoms with Gasteiger partial charge in [0.25, 0.3) is 5.91 Å². The van der Waals surface area contributed by atoms with Crippen molar-refractivity contribution < 1.29 is 14.4 Å². The number of carbonyl (C=O) groups is 2. The van der Waals surface area contributed by atoms with Crippen LogP contribution in [0.4, 0.5) is 0 Å². The summed E-state index contributed by atoms with van der Waals surface area (Å²) < 4.78 is 0.